The molecule has 7 heteroatoms. The number of hydrogen-bond acceptors (Lipinski definition) is 4. The third-order valence-electron chi connectivity index (χ3n) is 4.50. The zero-order valence-corrected chi connectivity index (χ0v) is 15.9. The maximum atomic E-state index is 13.0. The number of nitrogens with zero attached hydrogens (tertiary/aromatic N) is 1. The van der Waals surface area contributed by atoms with Crippen LogP contribution in [-0.2, 0) is 26.0 Å². The van der Waals surface area contributed by atoms with E-state index >= 15 is 0 Å². The molecule has 0 spiro atoms. The molecule has 1 atom stereocenters. The van der Waals surface area contributed by atoms with Crippen LogP contribution in [0, 0.1) is 0 Å². The van der Waals surface area contributed by atoms with Crippen LogP contribution in [0.15, 0.2) is 60.7 Å². The highest BCUT2D eigenvalue weighted by Crippen LogP contribution is 2.18. The Labute approximate surface area is 160 Å². The first-order valence-electron chi connectivity index (χ1n) is 9.00. The molecule has 1 aliphatic heterocycles. The van der Waals surface area contributed by atoms with E-state index in [-0.39, 0.29) is 11.7 Å². The highest BCUT2D eigenvalue weighted by atomic mass is 32.2. The summed E-state index contributed by atoms with van der Waals surface area (Å²) in [5.74, 6) is -0.315. The first-order valence-corrected chi connectivity index (χ1v) is 10.7. The second-order valence-corrected chi connectivity index (χ2v) is 8.33. The quantitative estimate of drug-likeness (QED) is 0.784. The van der Waals surface area contributed by atoms with Crippen molar-refractivity contribution in [2.45, 2.75) is 12.5 Å². The standard InChI is InChI=1S/C20H24N2O4S/c23-20(22-12-14-26-15-13-22)19(18-9-5-2-6-10-18)21-27(24,25)16-11-17-7-3-1-4-8-17/h1-10,19,21H,11-16H2/t19-/m0/s1. The molecule has 6 nitrogen and oxygen atoms in total. The lowest BCUT2D eigenvalue weighted by Crippen LogP contribution is -2.47. The number of aryl methyl sites for hydroxylation is 1. The maximum Gasteiger partial charge on any atom is 0.245 e. The number of morpholine rings is 1. The predicted octanol–water partition coefficient (Wildman–Crippen LogP) is 1.75. The van der Waals surface area contributed by atoms with E-state index in [1.54, 1.807) is 29.2 Å². The molecular weight excluding hydrogens is 364 g/mol. The van der Waals surface area contributed by atoms with Gasteiger partial charge in [-0.1, -0.05) is 60.7 Å². The molecule has 1 heterocycles. The SMILES string of the molecule is O=C([C@@H](NS(=O)(=O)CCc1ccccc1)c1ccccc1)N1CCOCC1. The van der Waals surface area contributed by atoms with Crippen LogP contribution < -0.4 is 4.72 Å². The Kier molecular flexibility index (Phi) is 6.60. The molecule has 0 aromatic heterocycles. The van der Waals surface area contributed by atoms with Crippen LogP contribution in [0.5, 0.6) is 0 Å². The average Bonchev–Trinajstić information content (AvgIpc) is 2.72. The van der Waals surface area contributed by atoms with E-state index in [2.05, 4.69) is 4.72 Å². The first-order chi connectivity index (χ1) is 13.1. The van der Waals surface area contributed by atoms with Crippen molar-refractivity contribution < 1.29 is 17.9 Å². The number of hydrogen-bond donors (Lipinski definition) is 1. The molecule has 144 valence electrons. The van der Waals surface area contributed by atoms with Gasteiger partial charge in [0.25, 0.3) is 0 Å². The molecule has 3 rings (SSSR count). The molecule has 0 unspecified atom stereocenters. The summed E-state index contributed by atoms with van der Waals surface area (Å²) in [5.41, 5.74) is 1.58. The lowest BCUT2D eigenvalue weighted by molar-refractivity contribution is -0.137. The van der Waals surface area contributed by atoms with Crippen LogP contribution >= 0.6 is 0 Å². The fraction of sp³-hybridized carbons (Fsp3) is 0.350. The number of rotatable bonds is 7. The predicted molar refractivity (Wildman–Crippen MR) is 104 cm³/mol. The second kappa shape index (κ2) is 9.12. The zero-order chi connectivity index (χ0) is 19.1. The van der Waals surface area contributed by atoms with Crippen molar-refractivity contribution in [2.24, 2.45) is 0 Å². The van der Waals surface area contributed by atoms with Crippen molar-refractivity contribution in [3.8, 4) is 0 Å². The Morgan fingerprint density at radius 1 is 1.00 bits per heavy atom. The summed E-state index contributed by atoms with van der Waals surface area (Å²) >= 11 is 0. The zero-order valence-electron chi connectivity index (χ0n) is 15.1. The van der Waals surface area contributed by atoms with Gasteiger partial charge in [-0.05, 0) is 17.5 Å². The number of carbonyl (C=O) groups excluding carboxylic acids is 1. The lowest BCUT2D eigenvalue weighted by Gasteiger charge is -2.30. The first kappa shape index (κ1) is 19.5. The molecule has 2 aromatic carbocycles. The van der Waals surface area contributed by atoms with Gasteiger partial charge in [-0.2, -0.15) is 4.72 Å². The largest absolute Gasteiger partial charge is 0.378 e. The van der Waals surface area contributed by atoms with Crippen molar-refractivity contribution >= 4 is 15.9 Å². The fourth-order valence-corrected chi connectivity index (χ4v) is 4.23. The van der Waals surface area contributed by atoms with Gasteiger partial charge < -0.3 is 9.64 Å². The van der Waals surface area contributed by atoms with Crippen LogP contribution in [-0.4, -0.2) is 51.3 Å². The number of carbonyl (C=O) groups is 1. The Morgan fingerprint density at radius 3 is 2.22 bits per heavy atom. The normalized spacial score (nSPS) is 16.1. The molecule has 1 amide bonds. The average molecular weight is 388 g/mol. The molecule has 0 saturated carbocycles. The van der Waals surface area contributed by atoms with E-state index in [0.29, 0.717) is 38.3 Å². The molecule has 0 bridgehead atoms. The van der Waals surface area contributed by atoms with Crippen molar-refractivity contribution in [3.63, 3.8) is 0 Å². The highest BCUT2D eigenvalue weighted by molar-refractivity contribution is 7.89. The number of ether oxygens (including phenoxy) is 1. The van der Waals surface area contributed by atoms with Gasteiger partial charge in [-0.15, -0.1) is 0 Å². The second-order valence-electron chi connectivity index (χ2n) is 6.45. The molecule has 27 heavy (non-hydrogen) atoms. The monoisotopic (exact) mass is 388 g/mol. The summed E-state index contributed by atoms with van der Waals surface area (Å²) in [4.78, 5) is 14.6. The lowest BCUT2D eigenvalue weighted by atomic mass is 10.1. The summed E-state index contributed by atoms with van der Waals surface area (Å²) in [7, 11) is -3.64. The number of benzene rings is 2. The summed E-state index contributed by atoms with van der Waals surface area (Å²) in [6, 6.07) is 17.5. The Hall–Kier alpha value is -2.22. The van der Waals surface area contributed by atoms with Crippen molar-refractivity contribution in [2.75, 3.05) is 32.1 Å². The fourth-order valence-electron chi connectivity index (χ4n) is 3.01. The summed E-state index contributed by atoms with van der Waals surface area (Å²) in [6.07, 6.45) is 0.392. The number of nitrogens with one attached hydrogen (secondary N) is 1. The van der Waals surface area contributed by atoms with Gasteiger partial charge in [-0.3, -0.25) is 4.79 Å². The van der Waals surface area contributed by atoms with E-state index < -0.39 is 16.1 Å². The van der Waals surface area contributed by atoms with Crippen molar-refractivity contribution in [1.29, 1.82) is 0 Å². The van der Waals surface area contributed by atoms with Crippen molar-refractivity contribution in [1.82, 2.24) is 9.62 Å². The van der Waals surface area contributed by atoms with Crippen molar-refractivity contribution in [3.05, 3.63) is 71.8 Å². The van der Waals surface area contributed by atoms with E-state index in [0.717, 1.165) is 5.56 Å². The topological polar surface area (TPSA) is 75.7 Å². The van der Waals surface area contributed by atoms with E-state index in [1.165, 1.54) is 0 Å². The maximum absolute atomic E-state index is 13.0. The molecule has 1 saturated heterocycles. The third kappa shape index (κ3) is 5.63. The van der Waals surface area contributed by atoms with Crippen LogP contribution in [0.25, 0.3) is 0 Å². The number of sulfonamides is 1. The molecule has 2 aromatic rings. The molecule has 1 aliphatic rings. The van der Waals surface area contributed by atoms with Gasteiger partial charge in [0.05, 0.1) is 19.0 Å². The van der Waals surface area contributed by atoms with Crippen LogP contribution in [0.1, 0.15) is 17.2 Å². The minimum absolute atomic E-state index is 0.0727. The number of amides is 1. The van der Waals surface area contributed by atoms with E-state index in [1.807, 2.05) is 36.4 Å². The summed E-state index contributed by atoms with van der Waals surface area (Å²) in [6.45, 7) is 1.86. The van der Waals surface area contributed by atoms with Gasteiger partial charge >= 0.3 is 0 Å². The summed E-state index contributed by atoms with van der Waals surface area (Å²) in [5, 5.41) is 0. The molecule has 0 radical (unpaired) electrons. The molecular formula is C20H24N2O4S. The Morgan fingerprint density at radius 2 is 1.59 bits per heavy atom. The Balaban J connectivity index is 1.75. The minimum Gasteiger partial charge on any atom is -0.378 e. The Bertz CT molecular complexity index is 835. The van der Waals surface area contributed by atoms with Crippen LogP contribution in [0.3, 0.4) is 0 Å². The minimum atomic E-state index is -3.64. The van der Waals surface area contributed by atoms with E-state index in [4.69, 9.17) is 4.74 Å². The smallest absolute Gasteiger partial charge is 0.245 e. The van der Waals surface area contributed by atoms with Gasteiger partial charge in [0, 0.05) is 13.1 Å². The highest BCUT2D eigenvalue weighted by Gasteiger charge is 2.30. The molecule has 1 fully saturated rings. The van der Waals surface area contributed by atoms with Crippen LogP contribution in [0.4, 0.5) is 0 Å². The van der Waals surface area contributed by atoms with Gasteiger partial charge in [0.1, 0.15) is 6.04 Å². The van der Waals surface area contributed by atoms with Crippen LogP contribution in [0.2, 0.25) is 0 Å². The molecule has 1 N–H and O–H groups in total. The molecule has 0 aliphatic carbocycles. The van der Waals surface area contributed by atoms with Gasteiger partial charge in [0.15, 0.2) is 0 Å². The van der Waals surface area contributed by atoms with E-state index in [9.17, 15) is 13.2 Å². The van der Waals surface area contributed by atoms with Gasteiger partial charge in [-0.25, -0.2) is 8.42 Å². The van der Waals surface area contributed by atoms with Gasteiger partial charge in [0.2, 0.25) is 15.9 Å². The third-order valence-corrected chi connectivity index (χ3v) is 5.84. The summed E-state index contributed by atoms with van der Waals surface area (Å²) < 4.78 is 33.2.